The lowest BCUT2D eigenvalue weighted by Gasteiger charge is -2.28. The van der Waals surface area contributed by atoms with Crippen molar-refractivity contribution < 1.29 is 9.50 Å². The maximum absolute atomic E-state index is 13.1. The van der Waals surface area contributed by atoms with Crippen LogP contribution in [-0.2, 0) is 5.60 Å². The summed E-state index contributed by atoms with van der Waals surface area (Å²) in [6.45, 7) is 0.0703. The molecule has 1 atom stereocenters. The molecule has 82 valence electrons. The maximum atomic E-state index is 13.1. The number of halogens is 2. The minimum absolute atomic E-state index is 0.0703. The number of hydrogen-bond donors (Lipinski definition) is 2. The highest BCUT2D eigenvalue weighted by molar-refractivity contribution is 6.31. The molecule has 1 aliphatic rings. The van der Waals surface area contributed by atoms with Gasteiger partial charge in [-0.25, -0.2) is 4.39 Å². The second kappa shape index (κ2) is 3.74. The summed E-state index contributed by atoms with van der Waals surface area (Å²) in [4.78, 5) is 0. The third-order valence-electron chi connectivity index (χ3n) is 2.96. The van der Waals surface area contributed by atoms with Gasteiger partial charge < -0.3 is 10.8 Å². The van der Waals surface area contributed by atoms with E-state index in [1.165, 1.54) is 18.2 Å². The Balaban J connectivity index is 2.45. The van der Waals surface area contributed by atoms with Crippen LogP contribution in [0.3, 0.4) is 0 Å². The van der Waals surface area contributed by atoms with Gasteiger partial charge in [-0.2, -0.15) is 0 Å². The molecule has 3 N–H and O–H groups in total. The first-order chi connectivity index (χ1) is 7.08. The zero-order valence-electron chi connectivity index (χ0n) is 8.21. The van der Waals surface area contributed by atoms with Gasteiger partial charge in [0, 0.05) is 17.1 Å². The van der Waals surface area contributed by atoms with Crippen LogP contribution in [0.25, 0.3) is 0 Å². The molecule has 0 amide bonds. The Labute approximate surface area is 92.9 Å². The molecule has 2 rings (SSSR count). The lowest BCUT2D eigenvalue weighted by atomic mass is 9.89. The molecule has 2 nitrogen and oxygen atoms in total. The zero-order chi connectivity index (χ0) is 11.1. The van der Waals surface area contributed by atoms with Gasteiger partial charge in [0.15, 0.2) is 0 Å². The number of hydrogen-bond acceptors (Lipinski definition) is 2. The smallest absolute Gasteiger partial charge is 0.123 e. The highest BCUT2D eigenvalue weighted by Crippen LogP contribution is 2.46. The van der Waals surface area contributed by atoms with E-state index in [2.05, 4.69) is 0 Å². The van der Waals surface area contributed by atoms with Crippen molar-refractivity contribution in [1.82, 2.24) is 0 Å². The first kappa shape index (κ1) is 10.9. The number of rotatable bonds is 3. The van der Waals surface area contributed by atoms with Crippen LogP contribution in [0.4, 0.5) is 4.39 Å². The van der Waals surface area contributed by atoms with E-state index in [4.69, 9.17) is 17.3 Å². The predicted octanol–water partition coefficient (Wildman–Crippen LogP) is 2.04. The largest absolute Gasteiger partial charge is 0.383 e. The Morgan fingerprint density at radius 3 is 2.73 bits per heavy atom. The van der Waals surface area contributed by atoms with Gasteiger partial charge in [-0.3, -0.25) is 0 Å². The molecule has 1 saturated carbocycles. The highest BCUT2D eigenvalue weighted by Gasteiger charge is 2.45. The molecule has 0 spiro atoms. The fraction of sp³-hybridized carbons (Fsp3) is 0.455. The first-order valence-corrected chi connectivity index (χ1v) is 5.33. The minimum Gasteiger partial charge on any atom is -0.383 e. The van der Waals surface area contributed by atoms with Gasteiger partial charge in [0.2, 0.25) is 0 Å². The Morgan fingerprint density at radius 2 is 2.20 bits per heavy atom. The standard InChI is InChI=1S/C11H13ClFNO/c12-10-4-3-8(13)5-9(10)11(15,6-14)7-1-2-7/h3-5,7,15H,1-2,6,14H2. The third-order valence-corrected chi connectivity index (χ3v) is 3.29. The summed E-state index contributed by atoms with van der Waals surface area (Å²) in [7, 11) is 0. The van der Waals surface area contributed by atoms with Gasteiger partial charge in [0.05, 0.1) is 0 Å². The quantitative estimate of drug-likeness (QED) is 0.833. The molecule has 0 heterocycles. The van der Waals surface area contributed by atoms with E-state index < -0.39 is 11.4 Å². The summed E-state index contributed by atoms with van der Waals surface area (Å²) in [5.41, 5.74) is 4.81. The van der Waals surface area contributed by atoms with Crippen LogP contribution >= 0.6 is 11.6 Å². The zero-order valence-corrected chi connectivity index (χ0v) is 8.97. The minimum atomic E-state index is -1.17. The normalized spacial score (nSPS) is 20.0. The monoisotopic (exact) mass is 229 g/mol. The second-order valence-electron chi connectivity index (χ2n) is 4.03. The van der Waals surface area contributed by atoms with Crippen molar-refractivity contribution in [3.8, 4) is 0 Å². The van der Waals surface area contributed by atoms with Crippen LogP contribution in [0.1, 0.15) is 18.4 Å². The van der Waals surface area contributed by atoms with Gasteiger partial charge in [0.25, 0.3) is 0 Å². The van der Waals surface area contributed by atoms with Crippen LogP contribution in [-0.4, -0.2) is 11.7 Å². The molecule has 4 heteroatoms. The summed E-state index contributed by atoms with van der Waals surface area (Å²) in [5, 5.41) is 10.7. The summed E-state index contributed by atoms with van der Waals surface area (Å²) < 4.78 is 13.1. The van der Waals surface area contributed by atoms with Crippen molar-refractivity contribution in [3.63, 3.8) is 0 Å². The van der Waals surface area contributed by atoms with Crippen LogP contribution in [0.5, 0.6) is 0 Å². The summed E-state index contributed by atoms with van der Waals surface area (Å²) in [6.07, 6.45) is 1.83. The topological polar surface area (TPSA) is 46.2 Å². The highest BCUT2D eigenvalue weighted by atomic mass is 35.5. The summed E-state index contributed by atoms with van der Waals surface area (Å²) in [6, 6.07) is 4.00. The molecule has 0 aromatic heterocycles. The SMILES string of the molecule is NCC(O)(c1cc(F)ccc1Cl)C1CC1. The fourth-order valence-corrected chi connectivity index (χ4v) is 2.17. The number of benzene rings is 1. The Hall–Kier alpha value is -0.640. The first-order valence-electron chi connectivity index (χ1n) is 4.96. The van der Waals surface area contributed by atoms with E-state index in [1.807, 2.05) is 0 Å². The molecule has 1 unspecified atom stereocenters. The molecule has 0 aliphatic heterocycles. The molecule has 1 aromatic rings. The van der Waals surface area contributed by atoms with Crippen molar-refractivity contribution in [3.05, 3.63) is 34.6 Å². The molecule has 1 fully saturated rings. The summed E-state index contributed by atoms with van der Waals surface area (Å²) in [5.74, 6) is -0.288. The predicted molar refractivity (Wildman–Crippen MR) is 57.1 cm³/mol. The van der Waals surface area contributed by atoms with Gasteiger partial charge in [-0.1, -0.05) is 11.6 Å². The number of nitrogens with two attached hydrogens (primary N) is 1. The summed E-state index contributed by atoms with van der Waals surface area (Å²) >= 11 is 5.95. The molecule has 0 saturated heterocycles. The van der Waals surface area contributed by atoms with E-state index in [1.54, 1.807) is 0 Å². The maximum Gasteiger partial charge on any atom is 0.123 e. The average Bonchev–Trinajstić information content (AvgIpc) is 3.04. The molecular formula is C11H13ClFNO. The van der Waals surface area contributed by atoms with Crippen LogP contribution < -0.4 is 5.73 Å². The molecule has 15 heavy (non-hydrogen) atoms. The van der Waals surface area contributed by atoms with E-state index in [0.29, 0.717) is 10.6 Å². The van der Waals surface area contributed by atoms with Gasteiger partial charge >= 0.3 is 0 Å². The van der Waals surface area contributed by atoms with Gasteiger partial charge in [-0.15, -0.1) is 0 Å². The van der Waals surface area contributed by atoms with Crippen molar-refractivity contribution in [2.24, 2.45) is 11.7 Å². The van der Waals surface area contributed by atoms with Crippen molar-refractivity contribution >= 4 is 11.6 Å². The van der Waals surface area contributed by atoms with Crippen LogP contribution in [0, 0.1) is 11.7 Å². The Morgan fingerprint density at radius 1 is 1.53 bits per heavy atom. The lowest BCUT2D eigenvalue weighted by Crippen LogP contribution is -2.37. The fourth-order valence-electron chi connectivity index (χ4n) is 1.89. The molecule has 1 aromatic carbocycles. The molecule has 0 bridgehead atoms. The average molecular weight is 230 g/mol. The molecule has 1 aliphatic carbocycles. The van der Waals surface area contributed by atoms with Crippen LogP contribution in [0.15, 0.2) is 18.2 Å². The van der Waals surface area contributed by atoms with E-state index in [9.17, 15) is 9.50 Å². The molecule has 0 radical (unpaired) electrons. The van der Waals surface area contributed by atoms with Crippen LogP contribution in [0.2, 0.25) is 5.02 Å². The second-order valence-corrected chi connectivity index (χ2v) is 4.43. The van der Waals surface area contributed by atoms with Crippen molar-refractivity contribution in [2.45, 2.75) is 18.4 Å². The van der Waals surface area contributed by atoms with Crippen molar-refractivity contribution in [1.29, 1.82) is 0 Å². The van der Waals surface area contributed by atoms with Crippen molar-refractivity contribution in [2.75, 3.05) is 6.54 Å². The van der Waals surface area contributed by atoms with E-state index in [0.717, 1.165) is 12.8 Å². The third kappa shape index (κ3) is 1.87. The Kier molecular flexibility index (Phi) is 2.71. The Bertz CT molecular complexity index is 381. The number of aliphatic hydroxyl groups is 1. The van der Waals surface area contributed by atoms with E-state index in [-0.39, 0.29) is 12.5 Å². The van der Waals surface area contributed by atoms with Gasteiger partial charge in [0.1, 0.15) is 11.4 Å². The van der Waals surface area contributed by atoms with E-state index >= 15 is 0 Å². The van der Waals surface area contributed by atoms with Gasteiger partial charge in [-0.05, 0) is 37.0 Å². The molecular weight excluding hydrogens is 217 g/mol. The lowest BCUT2D eigenvalue weighted by molar-refractivity contribution is 0.0220.